The lowest BCUT2D eigenvalue weighted by Gasteiger charge is -2.27. The molecule has 1 amide bonds. The van der Waals surface area contributed by atoms with Gasteiger partial charge in [-0.15, -0.1) is 0 Å². The molecule has 0 bridgehead atoms. The molecule has 0 unspecified atom stereocenters. The van der Waals surface area contributed by atoms with E-state index >= 15 is 0 Å². The first-order valence-electron chi connectivity index (χ1n) is 9.69. The molecule has 152 valence electrons. The van der Waals surface area contributed by atoms with Crippen molar-refractivity contribution in [1.29, 1.82) is 0 Å². The topological polar surface area (TPSA) is 79.0 Å². The minimum atomic E-state index is -0.405. The van der Waals surface area contributed by atoms with Crippen molar-refractivity contribution in [2.75, 3.05) is 0 Å². The van der Waals surface area contributed by atoms with Crippen LogP contribution in [0, 0.1) is 12.7 Å². The number of rotatable bonds is 4. The van der Waals surface area contributed by atoms with Crippen LogP contribution >= 0.6 is 0 Å². The smallest absolute Gasteiger partial charge is 0.258 e. The number of nitrogens with one attached hydrogen (secondary N) is 1. The second-order valence-corrected chi connectivity index (χ2v) is 7.53. The minimum absolute atomic E-state index is 0.140. The third kappa shape index (κ3) is 3.66. The number of nitrogens with zero attached hydrogens (tertiary/aromatic N) is 3. The molecule has 0 aliphatic heterocycles. The van der Waals surface area contributed by atoms with E-state index in [0.29, 0.717) is 38.9 Å². The van der Waals surface area contributed by atoms with Crippen LogP contribution in [0.4, 0.5) is 4.39 Å². The van der Waals surface area contributed by atoms with Crippen molar-refractivity contribution in [1.82, 2.24) is 19.9 Å². The average molecular weight is 404 g/mol. The molecule has 0 saturated carbocycles. The normalized spacial score (nSPS) is 11.4. The van der Waals surface area contributed by atoms with Crippen LogP contribution in [-0.2, 0) is 6.54 Å². The van der Waals surface area contributed by atoms with Crippen molar-refractivity contribution < 1.29 is 9.18 Å². The summed E-state index contributed by atoms with van der Waals surface area (Å²) in [7, 11) is 0. The van der Waals surface area contributed by atoms with Crippen molar-refractivity contribution >= 4 is 27.7 Å². The van der Waals surface area contributed by atoms with Crippen molar-refractivity contribution in [2.24, 2.45) is 0 Å². The Hall–Kier alpha value is -3.61. The highest BCUT2D eigenvalue weighted by atomic mass is 19.1. The lowest BCUT2D eigenvalue weighted by atomic mass is 10.1. The maximum atomic E-state index is 13.7. The lowest BCUT2D eigenvalue weighted by molar-refractivity contribution is 0.0687. The van der Waals surface area contributed by atoms with Crippen LogP contribution < -0.4 is 5.56 Å². The fourth-order valence-corrected chi connectivity index (χ4v) is 3.53. The van der Waals surface area contributed by atoms with Gasteiger partial charge < -0.3 is 9.88 Å². The summed E-state index contributed by atoms with van der Waals surface area (Å²) >= 11 is 0. The number of aromatic amines is 1. The van der Waals surface area contributed by atoms with E-state index in [0.717, 1.165) is 0 Å². The van der Waals surface area contributed by atoms with Crippen LogP contribution in [0.3, 0.4) is 0 Å². The van der Waals surface area contributed by atoms with E-state index in [9.17, 15) is 14.0 Å². The SMILES string of the molecule is Cc1cc(C(=O)N(Cc2nc3ccccc3c(=O)[nH]2)C(C)C)c2ccc(F)cc2n1. The van der Waals surface area contributed by atoms with E-state index in [-0.39, 0.29) is 24.1 Å². The molecule has 2 aromatic carbocycles. The number of aryl methyl sites for hydroxylation is 1. The molecular formula is C23H21FN4O2. The van der Waals surface area contributed by atoms with E-state index in [4.69, 9.17) is 0 Å². The van der Waals surface area contributed by atoms with E-state index in [2.05, 4.69) is 15.0 Å². The predicted molar refractivity (Wildman–Crippen MR) is 114 cm³/mol. The first kappa shape index (κ1) is 19.7. The predicted octanol–water partition coefficient (Wildman–Crippen LogP) is 3.97. The number of benzene rings is 2. The summed E-state index contributed by atoms with van der Waals surface area (Å²) in [5, 5.41) is 1.08. The van der Waals surface area contributed by atoms with Crippen LogP contribution in [0.25, 0.3) is 21.8 Å². The van der Waals surface area contributed by atoms with Gasteiger partial charge in [-0.3, -0.25) is 14.6 Å². The molecule has 0 atom stereocenters. The Balaban J connectivity index is 1.77. The number of aromatic nitrogens is 3. The van der Waals surface area contributed by atoms with Crippen LogP contribution in [0.2, 0.25) is 0 Å². The second-order valence-electron chi connectivity index (χ2n) is 7.53. The Morgan fingerprint density at radius 1 is 1.07 bits per heavy atom. The van der Waals surface area contributed by atoms with E-state index in [1.165, 1.54) is 12.1 Å². The maximum Gasteiger partial charge on any atom is 0.258 e. The van der Waals surface area contributed by atoms with Gasteiger partial charge in [0.25, 0.3) is 11.5 Å². The molecule has 1 N–H and O–H groups in total. The molecule has 30 heavy (non-hydrogen) atoms. The second kappa shape index (κ2) is 7.67. The molecule has 0 aliphatic carbocycles. The molecule has 0 radical (unpaired) electrons. The van der Waals surface area contributed by atoms with Crippen LogP contribution in [-0.4, -0.2) is 31.8 Å². The Morgan fingerprint density at radius 3 is 2.60 bits per heavy atom. The van der Waals surface area contributed by atoms with Crippen molar-refractivity contribution in [3.8, 4) is 0 Å². The number of hydrogen-bond donors (Lipinski definition) is 1. The highest BCUT2D eigenvalue weighted by Gasteiger charge is 2.23. The summed E-state index contributed by atoms with van der Waals surface area (Å²) in [6, 6.07) is 12.8. The van der Waals surface area contributed by atoms with E-state index in [1.54, 1.807) is 42.2 Å². The van der Waals surface area contributed by atoms with Crippen LogP contribution in [0.1, 0.15) is 35.7 Å². The maximum absolute atomic E-state index is 13.7. The van der Waals surface area contributed by atoms with Gasteiger partial charge in [0.1, 0.15) is 11.6 Å². The van der Waals surface area contributed by atoms with Gasteiger partial charge in [-0.1, -0.05) is 12.1 Å². The number of carbonyl (C=O) groups is 1. The summed E-state index contributed by atoms with van der Waals surface area (Å²) in [5.41, 5.74) is 1.83. The number of hydrogen-bond acceptors (Lipinski definition) is 4. The minimum Gasteiger partial charge on any atom is -0.329 e. The van der Waals surface area contributed by atoms with Crippen molar-refractivity contribution in [3.05, 3.63) is 81.8 Å². The number of pyridine rings is 1. The van der Waals surface area contributed by atoms with Crippen LogP contribution in [0.15, 0.2) is 53.3 Å². The Morgan fingerprint density at radius 2 is 1.83 bits per heavy atom. The largest absolute Gasteiger partial charge is 0.329 e. The summed E-state index contributed by atoms with van der Waals surface area (Å²) in [4.78, 5) is 39.1. The first-order valence-corrected chi connectivity index (χ1v) is 9.69. The van der Waals surface area contributed by atoms with Crippen molar-refractivity contribution in [3.63, 3.8) is 0 Å². The van der Waals surface area contributed by atoms with Gasteiger partial charge in [0.15, 0.2) is 0 Å². The molecule has 6 nitrogen and oxygen atoms in total. The zero-order valence-corrected chi connectivity index (χ0v) is 16.9. The number of para-hydroxylation sites is 1. The molecule has 0 spiro atoms. The zero-order valence-electron chi connectivity index (χ0n) is 16.9. The Labute approximate surface area is 172 Å². The summed E-state index contributed by atoms with van der Waals surface area (Å²) in [6.07, 6.45) is 0. The number of halogens is 1. The zero-order chi connectivity index (χ0) is 21.4. The van der Waals surface area contributed by atoms with Gasteiger partial charge in [-0.2, -0.15) is 0 Å². The van der Waals surface area contributed by atoms with Gasteiger partial charge in [0.05, 0.1) is 28.5 Å². The third-order valence-electron chi connectivity index (χ3n) is 5.00. The molecule has 0 aliphatic rings. The van der Waals surface area contributed by atoms with Gasteiger partial charge in [-0.25, -0.2) is 9.37 Å². The first-order chi connectivity index (χ1) is 14.3. The fourth-order valence-electron chi connectivity index (χ4n) is 3.53. The van der Waals surface area contributed by atoms with Gasteiger partial charge >= 0.3 is 0 Å². The highest BCUT2D eigenvalue weighted by molar-refractivity contribution is 6.06. The summed E-state index contributed by atoms with van der Waals surface area (Å²) < 4.78 is 13.7. The van der Waals surface area contributed by atoms with E-state index in [1.807, 2.05) is 19.9 Å². The molecule has 4 rings (SSSR count). The number of amides is 1. The van der Waals surface area contributed by atoms with Gasteiger partial charge in [0, 0.05) is 23.2 Å². The van der Waals surface area contributed by atoms with Gasteiger partial charge in [0.2, 0.25) is 0 Å². The summed E-state index contributed by atoms with van der Waals surface area (Å²) in [5.74, 6) is -0.234. The molecule has 2 heterocycles. The average Bonchev–Trinajstić information content (AvgIpc) is 2.70. The molecule has 0 fully saturated rings. The lowest BCUT2D eigenvalue weighted by Crippen LogP contribution is -2.37. The summed E-state index contributed by atoms with van der Waals surface area (Å²) in [6.45, 7) is 5.70. The molecule has 0 saturated heterocycles. The third-order valence-corrected chi connectivity index (χ3v) is 5.00. The molecular weight excluding hydrogens is 383 g/mol. The number of H-pyrrole nitrogens is 1. The Bertz CT molecular complexity index is 1320. The van der Waals surface area contributed by atoms with E-state index < -0.39 is 5.82 Å². The number of carbonyl (C=O) groups excluding carboxylic acids is 1. The van der Waals surface area contributed by atoms with Gasteiger partial charge in [-0.05, 0) is 51.1 Å². The highest BCUT2D eigenvalue weighted by Crippen LogP contribution is 2.22. The quantitative estimate of drug-likeness (QED) is 0.558. The Kier molecular flexibility index (Phi) is 5.03. The standard InChI is InChI=1S/C23H21FN4O2/c1-13(2)28(12-21-26-19-7-5-4-6-17(19)22(29)27-21)23(30)18-10-14(3)25-20-11-15(24)8-9-16(18)20/h4-11,13H,12H2,1-3H3,(H,26,27,29). The monoisotopic (exact) mass is 404 g/mol. The number of fused-ring (bicyclic) bond motifs is 2. The van der Waals surface area contributed by atoms with Crippen LogP contribution in [0.5, 0.6) is 0 Å². The van der Waals surface area contributed by atoms with Crippen molar-refractivity contribution in [2.45, 2.75) is 33.4 Å². The molecule has 7 heteroatoms. The fraction of sp³-hybridized carbons (Fsp3) is 0.217. The molecule has 4 aromatic rings. The molecule has 2 aromatic heterocycles.